The van der Waals surface area contributed by atoms with Gasteiger partial charge in [0.05, 0.1) is 21.8 Å². The van der Waals surface area contributed by atoms with Gasteiger partial charge in [0, 0.05) is 29.1 Å². The Balaban J connectivity index is 1.90. The van der Waals surface area contributed by atoms with E-state index in [0.29, 0.717) is 16.0 Å². The summed E-state index contributed by atoms with van der Waals surface area (Å²) in [6.45, 7) is 5.80. The summed E-state index contributed by atoms with van der Waals surface area (Å²) in [5.74, 6) is 0.747. The van der Waals surface area contributed by atoms with Gasteiger partial charge in [0.15, 0.2) is 0 Å². The molecule has 0 atom stereocenters. The molecule has 1 amide bonds. The summed E-state index contributed by atoms with van der Waals surface area (Å²) in [5, 5.41) is 1.99. The van der Waals surface area contributed by atoms with Crippen molar-refractivity contribution in [3.8, 4) is 11.3 Å². The van der Waals surface area contributed by atoms with Gasteiger partial charge >= 0.3 is 0 Å². The van der Waals surface area contributed by atoms with Crippen LogP contribution < -0.4 is 0 Å². The van der Waals surface area contributed by atoms with Crippen LogP contribution in [0.25, 0.3) is 22.2 Å². The number of benzene rings is 2. The molecule has 1 fully saturated rings. The van der Waals surface area contributed by atoms with Crippen molar-refractivity contribution >= 4 is 40.0 Å². The zero-order valence-electron chi connectivity index (χ0n) is 16.0. The number of amides is 1. The Morgan fingerprint density at radius 3 is 2.54 bits per heavy atom. The minimum atomic E-state index is 0.0781. The van der Waals surface area contributed by atoms with Crippen LogP contribution in [0.1, 0.15) is 35.7 Å². The molecule has 0 N–H and O–H groups in total. The minimum Gasteiger partial charge on any atom is -0.339 e. The summed E-state index contributed by atoms with van der Waals surface area (Å²) < 4.78 is 0. The number of rotatable bonds is 2. The number of fused-ring (bicyclic) bond motifs is 1. The van der Waals surface area contributed by atoms with Crippen LogP contribution in [0.2, 0.25) is 10.0 Å². The van der Waals surface area contributed by atoms with Crippen LogP contribution >= 0.6 is 23.2 Å². The summed E-state index contributed by atoms with van der Waals surface area (Å²) in [4.78, 5) is 20.3. The second-order valence-electron chi connectivity index (χ2n) is 7.58. The van der Waals surface area contributed by atoms with Crippen LogP contribution in [0.15, 0.2) is 42.5 Å². The van der Waals surface area contributed by atoms with Crippen LogP contribution in [0.5, 0.6) is 0 Å². The molecule has 28 heavy (non-hydrogen) atoms. The lowest BCUT2D eigenvalue weighted by atomic mass is 9.94. The van der Waals surface area contributed by atoms with Crippen LogP contribution in [-0.4, -0.2) is 28.9 Å². The Bertz CT molecular complexity index is 1060. The maximum atomic E-state index is 13.5. The van der Waals surface area contributed by atoms with E-state index in [0.717, 1.165) is 59.2 Å². The molecule has 0 aliphatic carbocycles. The summed E-state index contributed by atoms with van der Waals surface area (Å²) >= 11 is 12.5. The quantitative estimate of drug-likeness (QED) is 0.488. The number of aromatic nitrogens is 1. The van der Waals surface area contributed by atoms with E-state index in [2.05, 4.69) is 6.92 Å². The highest BCUT2D eigenvalue weighted by Crippen LogP contribution is 2.35. The molecular weight excluding hydrogens is 391 g/mol. The smallest absolute Gasteiger partial charge is 0.254 e. The first-order chi connectivity index (χ1) is 13.5. The molecule has 4 rings (SSSR count). The highest BCUT2D eigenvalue weighted by Gasteiger charge is 2.26. The summed E-state index contributed by atoms with van der Waals surface area (Å²) in [7, 11) is 0. The molecule has 5 heteroatoms. The van der Waals surface area contributed by atoms with E-state index in [4.69, 9.17) is 28.2 Å². The van der Waals surface area contributed by atoms with Crippen molar-refractivity contribution in [1.29, 1.82) is 0 Å². The SMILES string of the molecule is Cc1c(-c2ccc(Cl)cc2Cl)nc2ccccc2c1C(=O)N1CCC(C)CC1. The molecule has 1 aliphatic heterocycles. The molecule has 0 saturated carbocycles. The molecule has 1 aromatic heterocycles. The maximum absolute atomic E-state index is 13.5. The van der Waals surface area contributed by atoms with E-state index in [1.54, 1.807) is 12.1 Å². The molecule has 1 aliphatic rings. The third kappa shape index (κ3) is 3.49. The number of carbonyl (C=O) groups is 1. The Kier molecular flexibility index (Phi) is 5.31. The molecule has 0 unspecified atom stereocenters. The summed E-state index contributed by atoms with van der Waals surface area (Å²) in [6, 6.07) is 13.2. The van der Waals surface area contributed by atoms with Gasteiger partial charge in [-0.15, -0.1) is 0 Å². The van der Waals surface area contributed by atoms with Crippen molar-refractivity contribution in [1.82, 2.24) is 9.88 Å². The van der Waals surface area contributed by atoms with Crippen LogP contribution in [-0.2, 0) is 0 Å². The van der Waals surface area contributed by atoms with E-state index in [9.17, 15) is 4.79 Å². The summed E-state index contributed by atoms with van der Waals surface area (Å²) in [6.07, 6.45) is 2.09. The number of hydrogen-bond donors (Lipinski definition) is 0. The highest BCUT2D eigenvalue weighted by atomic mass is 35.5. The molecule has 0 spiro atoms. The number of hydrogen-bond acceptors (Lipinski definition) is 2. The average molecular weight is 413 g/mol. The third-order valence-corrected chi connectivity index (χ3v) is 6.15. The van der Waals surface area contributed by atoms with Gasteiger partial charge in [-0.2, -0.15) is 0 Å². The largest absolute Gasteiger partial charge is 0.339 e. The average Bonchev–Trinajstić information content (AvgIpc) is 2.68. The van der Waals surface area contributed by atoms with Crippen molar-refractivity contribution in [3.05, 3.63) is 63.6 Å². The van der Waals surface area contributed by atoms with E-state index in [-0.39, 0.29) is 5.91 Å². The first-order valence-electron chi connectivity index (χ1n) is 9.59. The van der Waals surface area contributed by atoms with Crippen LogP contribution in [0.3, 0.4) is 0 Å². The fraction of sp³-hybridized carbons (Fsp3) is 0.304. The molecule has 1 saturated heterocycles. The Morgan fingerprint density at radius 2 is 1.82 bits per heavy atom. The van der Waals surface area contributed by atoms with Gasteiger partial charge in [0.1, 0.15) is 0 Å². The topological polar surface area (TPSA) is 33.2 Å². The second-order valence-corrected chi connectivity index (χ2v) is 8.42. The molecule has 0 bridgehead atoms. The number of pyridine rings is 1. The molecule has 3 nitrogen and oxygen atoms in total. The first kappa shape index (κ1) is 19.2. The zero-order chi connectivity index (χ0) is 19.8. The van der Waals surface area contributed by atoms with Crippen molar-refractivity contribution in [2.75, 3.05) is 13.1 Å². The predicted molar refractivity (Wildman–Crippen MR) is 116 cm³/mol. The number of nitrogens with zero attached hydrogens (tertiary/aromatic N) is 2. The highest BCUT2D eigenvalue weighted by molar-refractivity contribution is 6.36. The minimum absolute atomic E-state index is 0.0781. The molecular formula is C23H22Cl2N2O. The van der Waals surface area contributed by atoms with E-state index >= 15 is 0 Å². The Morgan fingerprint density at radius 1 is 1.11 bits per heavy atom. The molecule has 144 valence electrons. The van der Waals surface area contributed by atoms with Gasteiger partial charge in [-0.3, -0.25) is 4.79 Å². The number of likely N-dealkylation sites (tertiary alicyclic amines) is 1. The lowest BCUT2D eigenvalue weighted by Gasteiger charge is -2.31. The molecule has 0 radical (unpaired) electrons. The number of piperidine rings is 1. The van der Waals surface area contributed by atoms with E-state index in [1.807, 2.05) is 42.2 Å². The normalized spacial score (nSPS) is 15.2. The summed E-state index contributed by atoms with van der Waals surface area (Å²) in [5.41, 5.74) is 3.89. The lowest BCUT2D eigenvalue weighted by molar-refractivity contribution is 0.0698. The van der Waals surface area contributed by atoms with Crippen LogP contribution in [0.4, 0.5) is 0 Å². The monoisotopic (exact) mass is 412 g/mol. The van der Waals surface area contributed by atoms with Crippen molar-refractivity contribution in [2.45, 2.75) is 26.7 Å². The van der Waals surface area contributed by atoms with E-state index in [1.165, 1.54) is 0 Å². The second kappa shape index (κ2) is 7.73. The number of carbonyl (C=O) groups excluding carboxylic acids is 1. The van der Waals surface area contributed by atoms with Gasteiger partial charge < -0.3 is 4.90 Å². The number of para-hydroxylation sites is 1. The fourth-order valence-corrected chi connectivity index (χ4v) is 4.39. The molecule has 2 aromatic carbocycles. The van der Waals surface area contributed by atoms with Crippen LogP contribution in [0, 0.1) is 12.8 Å². The van der Waals surface area contributed by atoms with Gasteiger partial charge in [0.25, 0.3) is 5.91 Å². The van der Waals surface area contributed by atoms with E-state index < -0.39 is 0 Å². The first-order valence-corrected chi connectivity index (χ1v) is 10.4. The Labute approximate surface area is 175 Å². The number of halogens is 2. The van der Waals surface area contributed by atoms with Crippen molar-refractivity contribution in [2.24, 2.45) is 5.92 Å². The molecule has 2 heterocycles. The van der Waals surface area contributed by atoms with Crippen molar-refractivity contribution in [3.63, 3.8) is 0 Å². The standard InChI is InChI=1S/C23H22Cl2N2O/c1-14-9-11-27(12-10-14)23(28)21-15(2)22(17-8-7-16(24)13-19(17)25)26-20-6-4-3-5-18(20)21/h3-8,13-14H,9-12H2,1-2H3. The predicted octanol–water partition coefficient (Wildman–Crippen LogP) is 6.39. The third-order valence-electron chi connectivity index (χ3n) is 5.61. The molecule has 3 aromatic rings. The van der Waals surface area contributed by atoms with Gasteiger partial charge in [-0.25, -0.2) is 4.98 Å². The van der Waals surface area contributed by atoms with Gasteiger partial charge in [-0.1, -0.05) is 48.3 Å². The zero-order valence-corrected chi connectivity index (χ0v) is 17.5. The Hall–Kier alpha value is -2.10. The lowest BCUT2D eigenvalue weighted by Crippen LogP contribution is -2.38. The maximum Gasteiger partial charge on any atom is 0.254 e. The van der Waals surface area contributed by atoms with Crippen molar-refractivity contribution < 1.29 is 4.79 Å². The fourth-order valence-electron chi connectivity index (χ4n) is 3.90. The van der Waals surface area contributed by atoms with Gasteiger partial charge in [-0.05, 0) is 55.5 Å². The van der Waals surface area contributed by atoms with Gasteiger partial charge in [0.2, 0.25) is 0 Å².